The van der Waals surface area contributed by atoms with Crippen LogP contribution in [0.15, 0.2) is 34.9 Å². The number of allylic oxidation sites excluding steroid dienone is 6. The number of rotatable bonds is 1. The fourth-order valence-corrected chi connectivity index (χ4v) is 2.43. The van der Waals surface area contributed by atoms with Crippen LogP contribution in [0.2, 0.25) is 0 Å². The molecule has 0 aromatic rings. The predicted molar refractivity (Wildman–Crippen MR) is 57.6 cm³/mol. The third-order valence-electron chi connectivity index (χ3n) is 3.12. The normalized spacial score (nSPS) is 21.9. The van der Waals surface area contributed by atoms with Crippen molar-refractivity contribution in [1.82, 2.24) is 0 Å². The molecule has 2 aliphatic carbocycles. The number of hydrogen-bond acceptors (Lipinski definition) is 0. The van der Waals surface area contributed by atoms with E-state index in [1.165, 1.54) is 25.7 Å². The molecule has 0 saturated carbocycles. The second-order valence-corrected chi connectivity index (χ2v) is 4.34. The molecule has 0 amide bonds. The van der Waals surface area contributed by atoms with Crippen LogP contribution in [-0.2, 0) is 0 Å². The Bertz CT molecular complexity index is 287. The van der Waals surface area contributed by atoms with Gasteiger partial charge in [0.2, 0.25) is 0 Å². The largest absolute Gasteiger partial charge is 0.0801 e. The van der Waals surface area contributed by atoms with E-state index in [2.05, 4.69) is 32.1 Å². The molecule has 0 aromatic heterocycles. The maximum atomic E-state index is 2.32. The molecule has 0 aliphatic heterocycles. The SMILES string of the molecule is CC(C)C1=C2CC=CC=C2CCC1. The van der Waals surface area contributed by atoms with Crippen LogP contribution < -0.4 is 0 Å². The minimum absolute atomic E-state index is 0.741. The highest BCUT2D eigenvalue weighted by Crippen LogP contribution is 2.37. The third-order valence-corrected chi connectivity index (χ3v) is 3.12. The lowest BCUT2D eigenvalue weighted by Crippen LogP contribution is -2.08. The van der Waals surface area contributed by atoms with Crippen molar-refractivity contribution >= 4 is 0 Å². The van der Waals surface area contributed by atoms with Crippen LogP contribution in [0.4, 0.5) is 0 Å². The summed E-state index contributed by atoms with van der Waals surface area (Å²) >= 11 is 0. The number of hydrogen-bond donors (Lipinski definition) is 0. The van der Waals surface area contributed by atoms with Gasteiger partial charge in [-0.25, -0.2) is 0 Å². The van der Waals surface area contributed by atoms with Crippen LogP contribution in [0.25, 0.3) is 0 Å². The quantitative estimate of drug-likeness (QED) is 0.563. The lowest BCUT2D eigenvalue weighted by Gasteiger charge is -2.26. The molecule has 0 saturated heterocycles. The fourth-order valence-electron chi connectivity index (χ4n) is 2.43. The van der Waals surface area contributed by atoms with Crippen molar-refractivity contribution in [3.8, 4) is 0 Å². The second kappa shape index (κ2) is 3.53. The first-order chi connectivity index (χ1) is 6.29. The molecule has 0 atom stereocenters. The monoisotopic (exact) mass is 174 g/mol. The Morgan fingerprint density at radius 1 is 1.23 bits per heavy atom. The first-order valence-electron chi connectivity index (χ1n) is 5.37. The van der Waals surface area contributed by atoms with Gasteiger partial charge in [-0.3, -0.25) is 0 Å². The van der Waals surface area contributed by atoms with Gasteiger partial charge in [0, 0.05) is 0 Å². The lowest BCUT2D eigenvalue weighted by atomic mass is 9.79. The van der Waals surface area contributed by atoms with Crippen molar-refractivity contribution in [1.29, 1.82) is 0 Å². The van der Waals surface area contributed by atoms with Crippen LogP contribution in [-0.4, -0.2) is 0 Å². The van der Waals surface area contributed by atoms with Crippen molar-refractivity contribution in [2.75, 3.05) is 0 Å². The van der Waals surface area contributed by atoms with Gasteiger partial charge in [-0.2, -0.15) is 0 Å². The van der Waals surface area contributed by atoms with Crippen molar-refractivity contribution in [3.63, 3.8) is 0 Å². The Labute approximate surface area is 81.0 Å². The topological polar surface area (TPSA) is 0 Å². The van der Waals surface area contributed by atoms with Crippen molar-refractivity contribution in [3.05, 3.63) is 34.9 Å². The third kappa shape index (κ3) is 1.63. The molecule has 0 N–H and O–H groups in total. The summed E-state index contributed by atoms with van der Waals surface area (Å²) in [6.45, 7) is 4.65. The van der Waals surface area contributed by atoms with Gasteiger partial charge in [-0.15, -0.1) is 0 Å². The summed E-state index contributed by atoms with van der Waals surface area (Å²) in [6, 6.07) is 0. The van der Waals surface area contributed by atoms with Crippen molar-refractivity contribution in [2.24, 2.45) is 5.92 Å². The molecule has 0 unspecified atom stereocenters. The highest BCUT2D eigenvalue weighted by Gasteiger charge is 2.19. The molecule has 13 heavy (non-hydrogen) atoms. The Hall–Kier alpha value is -0.780. The Morgan fingerprint density at radius 3 is 2.85 bits per heavy atom. The molecule has 0 heterocycles. The Kier molecular flexibility index (Phi) is 2.39. The van der Waals surface area contributed by atoms with E-state index < -0.39 is 0 Å². The standard InChI is InChI=1S/C13H18/c1-10(2)12-9-5-7-11-6-3-4-8-13(11)12/h3-4,6,10H,5,7-9H2,1-2H3. The summed E-state index contributed by atoms with van der Waals surface area (Å²) < 4.78 is 0. The van der Waals surface area contributed by atoms with E-state index >= 15 is 0 Å². The van der Waals surface area contributed by atoms with E-state index in [-0.39, 0.29) is 0 Å². The molecule has 2 rings (SSSR count). The summed E-state index contributed by atoms with van der Waals surface area (Å²) in [6.07, 6.45) is 12.0. The first-order valence-corrected chi connectivity index (χ1v) is 5.37. The zero-order valence-electron chi connectivity index (χ0n) is 8.64. The summed E-state index contributed by atoms with van der Waals surface area (Å²) in [5.74, 6) is 0.741. The van der Waals surface area contributed by atoms with E-state index in [1.54, 1.807) is 16.7 Å². The smallest absolute Gasteiger partial charge is 0.00919 e. The maximum absolute atomic E-state index is 2.32. The molecule has 0 aromatic carbocycles. The molecule has 70 valence electrons. The van der Waals surface area contributed by atoms with Gasteiger partial charge in [0.25, 0.3) is 0 Å². The summed E-state index contributed by atoms with van der Waals surface area (Å²) in [5.41, 5.74) is 4.98. The highest BCUT2D eigenvalue weighted by atomic mass is 14.2. The van der Waals surface area contributed by atoms with Crippen molar-refractivity contribution < 1.29 is 0 Å². The average molecular weight is 174 g/mol. The van der Waals surface area contributed by atoms with E-state index in [1.807, 2.05) is 0 Å². The minimum atomic E-state index is 0.741. The summed E-state index contributed by atoms with van der Waals surface area (Å²) in [5, 5.41) is 0. The second-order valence-electron chi connectivity index (χ2n) is 4.34. The van der Waals surface area contributed by atoms with Crippen LogP contribution >= 0.6 is 0 Å². The van der Waals surface area contributed by atoms with Crippen LogP contribution in [0.3, 0.4) is 0 Å². The zero-order chi connectivity index (χ0) is 9.26. The molecular formula is C13H18. The molecule has 0 bridgehead atoms. The molecular weight excluding hydrogens is 156 g/mol. The van der Waals surface area contributed by atoms with Gasteiger partial charge in [-0.1, -0.05) is 37.6 Å². The average Bonchev–Trinajstić information content (AvgIpc) is 2.17. The van der Waals surface area contributed by atoms with Gasteiger partial charge in [0.1, 0.15) is 0 Å². The van der Waals surface area contributed by atoms with Gasteiger partial charge < -0.3 is 0 Å². The molecule has 0 radical (unpaired) electrons. The van der Waals surface area contributed by atoms with Crippen LogP contribution in [0, 0.1) is 5.92 Å². The van der Waals surface area contributed by atoms with Crippen LogP contribution in [0.1, 0.15) is 39.5 Å². The van der Waals surface area contributed by atoms with Gasteiger partial charge in [0.15, 0.2) is 0 Å². The molecule has 0 nitrogen and oxygen atoms in total. The van der Waals surface area contributed by atoms with E-state index in [4.69, 9.17) is 0 Å². The lowest BCUT2D eigenvalue weighted by molar-refractivity contribution is 0.639. The van der Waals surface area contributed by atoms with Gasteiger partial charge in [-0.05, 0) is 42.7 Å². The van der Waals surface area contributed by atoms with E-state index in [0.717, 1.165) is 5.92 Å². The molecule has 2 aliphatic rings. The van der Waals surface area contributed by atoms with E-state index in [0.29, 0.717) is 0 Å². The Morgan fingerprint density at radius 2 is 2.08 bits per heavy atom. The fraction of sp³-hybridized carbons (Fsp3) is 0.538. The summed E-state index contributed by atoms with van der Waals surface area (Å²) in [7, 11) is 0. The highest BCUT2D eigenvalue weighted by molar-refractivity contribution is 5.44. The Balaban J connectivity index is 2.38. The zero-order valence-corrected chi connectivity index (χ0v) is 8.64. The predicted octanol–water partition coefficient (Wildman–Crippen LogP) is 4.01. The van der Waals surface area contributed by atoms with Crippen molar-refractivity contribution in [2.45, 2.75) is 39.5 Å². The van der Waals surface area contributed by atoms with Gasteiger partial charge in [0.05, 0.1) is 0 Å². The van der Waals surface area contributed by atoms with Crippen LogP contribution in [0.5, 0.6) is 0 Å². The van der Waals surface area contributed by atoms with Gasteiger partial charge >= 0.3 is 0 Å². The molecule has 0 heteroatoms. The molecule has 0 fully saturated rings. The maximum Gasteiger partial charge on any atom is -0.00919 e. The minimum Gasteiger partial charge on any atom is -0.0801 e. The number of fused-ring (bicyclic) bond motifs is 1. The molecule has 0 spiro atoms. The van der Waals surface area contributed by atoms with E-state index in [9.17, 15) is 0 Å². The summed E-state index contributed by atoms with van der Waals surface area (Å²) in [4.78, 5) is 0. The first kappa shape index (κ1) is 8.80.